The van der Waals surface area contributed by atoms with Crippen LogP contribution in [0.15, 0.2) is 63.9 Å². The molecule has 2 aromatic carbocycles. The predicted molar refractivity (Wildman–Crippen MR) is 116 cm³/mol. The molecule has 11 heteroatoms. The number of carbonyl (C=O) groups excluding carboxylic acids is 2. The first-order chi connectivity index (χ1) is 16.0. The lowest BCUT2D eigenvalue weighted by atomic mass is 9.97. The fourth-order valence-electron chi connectivity index (χ4n) is 3.83. The first-order valence-electron chi connectivity index (χ1n) is 10.5. The minimum atomic E-state index is -4.65. The molecule has 0 spiro atoms. The zero-order valence-electron chi connectivity index (χ0n) is 17.8. The number of nitrogens with one attached hydrogen (secondary N) is 1. The highest BCUT2D eigenvalue weighted by Gasteiger charge is 2.32. The number of Topliss-reactive ketones (excluding diaryl/α,β-unsaturated/α-hetero) is 1. The van der Waals surface area contributed by atoms with Gasteiger partial charge in [-0.3, -0.25) is 9.59 Å². The van der Waals surface area contributed by atoms with Gasteiger partial charge in [-0.25, -0.2) is 13.1 Å². The topological polar surface area (TPSA) is 96.7 Å². The van der Waals surface area contributed by atoms with Crippen molar-refractivity contribution in [2.24, 2.45) is 5.92 Å². The maximum atomic E-state index is 12.9. The Bertz CT molecular complexity index is 1290. The third-order valence-electron chi connectivity index (χ3n) is 5.78. The van der Waals surface area contributed by atoms with Gasteiger partial charge in [0.15, 0.2) is 5.76 Å². The van der Waals surface area contributed by atoms with Gasteiger partial charge < -0.3 is 9.32 Å². The van der Waals surface area contributed by atoms with E-state index < -0.39 is 38.3 Å². The smallest absolute Gasteiger partial charge is 0.416 e. The lowest BCUT2D eigenvalue weighted by molar-refractivity contribution is -0.137. The van der Waals surface area contributed by atoms with E-state index in [0.717, 1.165) is 18.2 Å². The van der Waals surface area contributed by atoms with Crippen molar-refractivity contribution in [2.75, 3.05) is 19.6 Å². The van der Waals surface area contributed by atoms with Gasteiger partial charge in [0, 0.05) is 25.0 Å². The molecule has 1 N–H and O–H groups in total. The van der Waals surface area contributed by atoms with Crippen LogP contribution in [0.4, 0.5) is 13.2 Å². The van der Waals surface area contributed by atoms with Crippen molar-refractivity contribution in [3.63, 3.8) is 0 Å². The molecule has 1 aromatic heterocycles. The first-order valence-corrected chi connectivity index (χ1v) is 12.0. The van der Waals surface area contributed by atoms with Crippen LogP contribution in [0.25, 0.3) is 11.0 Å². The zero-order valence-corrected chi connectivity index (χ0v) is 18.7. The summed E-state index contributed by atoms with van der Waals surface area (Å²) in [5, 5.41) is 0.713. The average Bonchev–Trinajstić information content (AvgIpc) is 3.26. The van der Waals surface area contributed by atoms with Gasteiger partial charge in [-0.15, -0.1) is 0 Å². The lowest BCUT2D eigenvalue weighted by Gasteiger charge is -2.31. The van der Waals surface area contributed by atoms with Crippen molar-refractivity contribution in [3.05, 3.63) is 65.9 Å². The van der Waals surface area contributed by atoms with Gasteiger partial charge in [-0.05, 0) is 49.1 Å². The number of fused-ring (bicyclic) bond motifs is 1. The molecule has 7 nitrogen and oxygen atoms in total. The van der Waals surface area contributed by atoms with Gasteiger partial charge in [0.1, 0.15) is 5.58 Å². The third kappa shape index (κ3) is 5.15. The van der Waals surface area contributed by atoms with E-state index in [1.54, 1.807) is 24.3 Å². The highest BCUT2D eigenvalue weighted by molar-refractivity contribution is 7.89. The number of rotatable bonds is 6. The van der Waals surface area contributed by atoms with Crippen LogP contribution in [-0.2, 0) is 21.0 Å². The van der Waals surface area contributed by atoms with E-state index in [-0.39, 0.29) is 31.3 Å². The van der Waals surface area contributed by atoms with Crippen LogP contribution in [-0.4, -0.2) is 44.6 Å². The second-order valence-corrected chi connectivity index (χ2v) is 9.86. The molecule has 3 aromatic rings. The van der Waals surface area contributed by atoms with Crippen LogP contribution in [0.1, 0.15) is 29.0 Å². The van der Waals surface area contributed by atoms with Crippen LogP contribution in [0, 0.1) is 5.92 Å². The van der Waals surface area contributed by atoms with E-state index >= 15 is 0 Å². The molecule has 1 fully saturated rings. The molecule has 1 aliphatic heterocycles. The summed E-state index contributed by atoms with van der Waals surface area (Å²) in [5.74, 6) is -1.62. The highest BCUT2D eigenvalue weighted by atomic mass is 32.2. The summed E-state index contributed by atoms with van der Waals surface area (Å²) in [5.41, 5.74) is -0.540. The number of sulfonamides is 1. The number of amides is 1. The Morgan fingerprint density at radius 2 is 1.74 bits per heavy atom. The minimum absolute atomic E-state index is 0.0120. The summed E-state index contributed by atoms with van der Waals surface area (Å²) in [4.78, 5) is 26.1. The minimum Gasteiger partial charge on any atom is -0.452 e. The summed E-state index contributed by atoms with van der Waals surface area (Å²) < 4.78 is 71.3. The summed E-state index contributed by atoms with van der Waals surface area (Å²) >= 11 is 0. The Kier molecular flexibility index (Phi) is 6.50. The van der Waals surface area contributed by atoms with Crippen molar-refractivity contribution >= 4 is 32.7 Å². The third-order valence-corrected chi connectivity index (χ3v) is 7.20. The van der Waals surface area contributed by atoms with Crippen LogP contribution in [0.3, 0.4) is 0 Å². The molecule has 34 heavy (non-hydrogen) atoms. The van der Waals surface area contributed by atoms with Crippen molar-refractivity contribution in [2.45, 2.75) is 23.9 Å². The molecule has 0 saturated carbocycles. The van der Waals surface area contributed by atoms with Crippen LogP contribution in [0.2, 0.25) is 0 Å². The number of halogens is 3. The number of para-hydroxylation sites is 1. The predicted octanol–water partition coefficient (Wildman–Crippen LogP) is 3.85. The quantitative estimate of drug-likeness (QED) is 0.415. The SMILES string of the molecule is O=C(C(=O)N1CCC(CNS(=O)(=O)c2cccc(C(F)(F)F)c2)CC1)c1cc2ccccc2o1. The van der Waals surface area contributed by atoms with Crippen molar-refractivity contribution in [1.29, 1.82) is 0 Å². The molecule has 1 aliphatic rings. The second kappa shape index (κ2) is 9.22. The molecule has 0 aliphatic carbocycles. The Morgan fingerprint density at radius 1 is 1.03 bits per heavy atom. The number of nitrogens with zero attached hydrogens (tertiary/aromatic N) is 1. The number of benzene rings is 2. The molecule has 1 saturated heterocycles. The number of hydrogen-bond donors (Lipinski definition) is 1. The molecule has 4 rings (SSSR count). The van der Waals surface area contributed by atoms with Crippen molar-refractivity contribution in [3.8, 4) is 0 Å². The largest absolute Gasteiger partial charge is 0.452 e. The van der Waals surface area contributed by atoms with Gasteiger partial charge >= 0.3 is 6.18 Å². The first kappa shape index (κ1) is 24.0. The normalized spacial score (nSPS) is 15.6. The van der Waals surface area contributed by atoms with Gasteiger partial charge in [0.05, 0.1) is 10.5 Å². The van der Waals surface area contributed by atoms with E-state index in [9.17, 15) is 31.2 Å². The van der Waals surface area contributed by atoms with Crippen LogP contribution < -0.4 is 4.72 Å². The molecule has 0 atom stereocenters. The zero-order chi connectivity index (χ0) is 24.5. The fraction of sp³-hybridized carbons (Fsp3) is 0.304. The highest BCUT2D eigenvalue weighted by Crippen LogP contribution is 2.30. The second-order valence-electron chi connectivity index (χ2n) is 8.09. The average molecular weight is 494 g/mol. The van der Waals surface area contributed by atoms with Gasteiger partial charge in [0.2, 0.25) is 10.0 Å². The van der Waals surface area contributed by atoms with Gasteiger partial charge in [0.25, 0.3) is 11.7 Å². The Labute approximate surface area is 193 Å². The molecular formula is C23H21F3N2O5S. The maximum absolute atomic E-state index is 12.9. The molecule has 1 amide bonds. The monoisotopic (exact) mass is 494 g/mol. The molecule has 0 bridgehead atoms. The van der Waals surface area contributed by atoms with Gasteiger partial charge in [-0.1, -0.05) is 24.3 Å². The fourth-order valence-corrected chi connectivity index (χ4v) is 5.00. The number of furan rings is 1. The molecule has 2 heterocycles. The standard InChI is InChI=1S/C23H21F3N2O5S/c24-23(25,26)17-5-3-6-18(13-17)34(31,32)27-14-15-8-10-28(11-9-15)22(30)21(29)20-12-16-4-1-2-7-19(16)33-20/h1-7,12-13,15,27H,8-11,14H2. The van der Waals surface area contributed by atoms with E-state index in [1.165, 1.54) is 11.0 Å². The number of ketones is 1. The summed E-state index contributed by atoms with van der Waals surface area (Å²) in [6, 6.07) is 12.1. The Morgan fingerprint density at radius 3 is 2.41 bits per heavy atom. The van der Waals surface area contributed by atoms with Crippen molar-refractivity contribution < 1.29 is 35.6 Å². The summed E-state index contributed by atoms with van der Waals surface area (Å²) in [6.45, 7) is 0.514. The van der Waals surface area contributed by atoms with Crippen LogP contribution >= 0.6 is 0 Å². The number of carbonyl (C=O) groups is 2. The van der Waals surface area contributed by atoms with E-state index in [1.807, 2.05) is 0 Å². The summed E-state index contributed by atoms with van der Waals surface area (Å²) in [6.07, 6.45) is -3.78. The number of likely N-dealkylation sites (tertiary alicyclic amines) is 1. The number of piperidine rings is 1. The number of hydrogen-bond acceptors (Lipinski definition) is 5. The van der Waals surface area contributed by atoms with E-state index in [4.69, 9.17) is 4.42 Å². The van der Waals surface area contributed by atoms with E-state index in [2.05, 4.69) is 4.72 Å². The summed E-state index contributed by atoms with van der Waals surface area (Å²) in [7, 11) is -4.13. The maximum Gasteiger partial charge on any atom is 0.416 e. The Hall–Kier alpha value is -3.18. The van der Waals surface area contributed by atoms with Gasteiger partial charge in [-0.2, -0.15) is 13.2 Å². The van der Waals surface area contributed by atoms with Crippen molar-refractivity contribution in [1.82, 2.24) is 9.62 Å². The molecule has 0 radical (unpaired) electrons. The van der Waals surface area contributed by atoms with E-state index in [0.29, 0.717) is 29.9 Å². The van der Waals surface area contributed by atoms with Crippen LogP contribution in [0.5, 0.6) is 0 Å². The number of alkyl halides is 3. The Balaban J connectivity index is 1.32. The molecule has 0 unspecified atom stereocenters. The molecule has 180 valence electrons. The molecular weight excluding hydrogens is 473 g/mol. The lowest BCUT2D eigenvalue weighted by Crippen LogP contribution is -2.44.